The zero-order chi connectivity index (χ0) is 29.2. The van der Waals surface area contributed by atoms with E-state index in [0.29, 0.717) is 58.0 Å². The van der Waals surface area contributed by atoms with Gasteiger partial charge in [-0.25, -0.2) is 4.79 Å². The van der Waals surface area contributed by atoms with Gasteiger partial charge in [0.15, 0.2) is 11.9 Å². The quantitative estimate of drug-likeness (QED) is 0.208. The van der Waals surface area contributed by atoms with Gasteiger partial charge in [0.2, 0.25) is 5.91 Å². The minimum Gasteiger partial charge on any atom is -0.618 e. The molecule has 6 rings (SSSR count). The number of pyridine rings is 1. The van der Waals surface area contributed by atoms with E-state index in [1.54, 1.807) is 30.3 Å². The third-order valence-electron chi connectivity index (χ3n) is 7.45. The van der Waals surface area contributed by atoms with Gasteiger partial charge < -0.3 is 15.6 Å². The van der Waals surface area contributed by atoms with E-state index < -0.39 is 5.97 Å². The second-order valence-corrected chi connectivity index (χ2v) is 10.6. The van der Waals surface area contributed by atoms with Crippen LogP contribution in [0.25, 0.3) is 27.9 Å². The Kier molecular flexibility index (Phi) is 7.37. The molecule has 0 radical (unpaired) electrons. The maximum absolute atomic E-state index is 13.6. The summed E-state index contributed by atoms with van der Waals surface area (Å²) in [6, 6.07) is 21.3. The number of amides is 1. The van der Waals surface area contributed by atoms with Crippen molar-refractivity contribution in [1.82, 2.24) is 20.2 Å². The Labute approximate surface area is 245 Å². The van der Waals surface area contributed by atoms with Crippen LogP contribution in [0, 0.1) is 5.21 Å². The number of nitrogens with zero attached hydrogens (tertiary/aromatic N) is 5. The largest absolute Gasteiger partial charge is 0.618 e. The van der Waals surface area contributed by atoms with Crippen molar-refractivity contribution in [3.63, 3.8) is 0 Å². The fourth-order valence-electron chi connectivity index (χ4n) is 5.41. The maximum atomic E-state index is 13.6. The minimum absolute atomic E-state index is 0.118. The van der Waals surface area contributed by atoms with Crippen molar-refractivity contribution in [2.45, 2.75) is 31.6 Å². The molecule has 1 amide bonds. The summed E-state index contributed by atoms with van der Waals surface area (Å²) in [6.07, 6.45) is 5.32. The number of halogens is 1. The van der Waals surface area contributed by atoms with Crippen molar-refractivity contribution in [3.05, 3.63) is 112 Å². The van der Waals surface area contributed by atoms with Crippen molar-refractivity contribution in [3.8, 4) is 27.9 Å². The molecule has 5 aromatic rings. The Hall–Kier alpha value is -5.09. The van der Waals surface area contributed by atoms with E-state index in [1.807, 2.05) is 36.4 Å². The van der Waals surface area contributed by atoms with Gasteiger partial charge in [-0.15, -0.1) is 5.10 Å². The molecule has 1 aliphatic rings. The van der Waals surface area contributed by atoms with Gasteiger partial charge >= 0.3 is 5.97 Å². The van der Waals surface area contributed by atoms with Crippen molar-refractivity contribution < 1.29 is 19.4 Å². The molecule has 1 atom stereocenters. The number of hydrogen-bond donors (Lipinski definition) is 2. The molecule has 42 heavy (non-hydrogen) atoms. The van der Waals surface area contributed by atoms with Crippen LogP contribution in [0.5, 0.6) is 0 Å². The highest BCUT2D eigenvalue weighted by atomic mass is 35.5. The number of hydrogen-bond acceptors (Lipinski definition) is 6. The summed E-state index contributed by atoms with van der Waals surface area (Å²) in [6.45, 7) is 0. The van der Waals surface area contributed by atoms with Crippen molar-refractivity contribution in [2.24, 2.45) is 0 Å². The molecule has 0 spiro atoms. The summed E-state index contributed by atoms with van der Waals surface area (Å²) < 4.78 is 2.39. The number of tetrazole rings is 1. The smallest absolute Gasteiger partial charge is 0.335 e. The molecule has 0 fully saturated rings. The lowest BCUT2D eigenvalue weighted by molar-refractivity contribution is -0.614. The number of carboxylic acid groups (broad SMARTS) is 1. The van der Waals surface area contributed by atoms with E-state index in [1.165, 1.54) is 23.3 Å². The van der Waals surface area contributed by atoms with E-state index >= 15 is 0 Å². The first-order valence-corrected chi connectivity index (χ1v) is 13.8. The Balaban J connectivity index is 1.43. The summed E-state index contributed by atoms with van der Waals surface area (Å²) in [4.78, 5) is 24.4. The summed E-state index contributed by atoms with van der Waals surface area (Å²) in [7, 11) is 0. The Morgan fingerprint density at radius 2 is 1.90 bits per heavy atom. The number of fused-ring (bicyclic) bond motifs is 4. The Morgan fingerprint density at radius 1 is 1.02 bits per heavy atom. The van der Waals surface area contributed by atoms with Crippen LogP contribution in [0.4, 0.5) is 5.69 Å². The number of anilines is 1. The number of carboxylic acids is 1. The number of aromatic nitrogens is 5. The van der Waals surface area contributed by atoms with Crippen LogP contribution in [0.1, 0.15) is 53.2 Å². The van der Waals surface area contributed by atoms with Gasteiger partial charge in [-0.2, -0.15) is 9.41 Å². The number of carbonyl (C=O) groups is 2. The molecule has 1 aliphatic heterocycles. The fraction of sp³-hybridized carbons (Fsp3) is 0.161. The molecule has 210 valence electrons. The standard InChI is InChI=1S/C31H25ClN6O4/c32-23-10-13-28(37-18-33-35-36-37)26(16-23)22-9-12-29(38(42)17-22)24-6-1-2-7-30(39)34-27-11-8-21(31(40)41)15-25(27)20-5-3-4-19(24)14-20/h3-5,8-18,24H,1-2,6-7H2,(H,34,39)(H,40,41)/t24-/m0/s1. The van der Waals surface area contributed by atoms with Crippen molar-refractivity contribution in [2.75, 3.05) is 5.32 Å². The van der Waals surface area contributed by atoms with Gasteiger partial charge in [0, 0.05) is 39.9 Å². The van der Waals surface area contributed by atoms with Crippen LogP contribution >= 0.6 is 11.6 Å². The topological polar surface area (TPSA) is 137 Å². The SMILES string of the molecule is O=C1CCCC[C@H](c2ccc(-c3cc(Cl)ccc3-n3cnnn3)c[n+]2[O-])c2cccc(c2)-c2cc(C(=O)O)ccc2N1. The van der Waals surface area contributed by atoms with Crippen LogP contribution in [0.2, 0.25) is 5.02 Å². The van der Waals surface area contributed by atoms with Crippen LogP contribution in [-0.4, -0.2) is 37.2 Å². The molecule has 0 unspecified atom stereocenters. The van der Waals surface area contributed by atoms with Gasteiger partial charge in [-0.3, -0.25) is 4.79 Å². The summed E-state index contributed by atoms with van der Waals surface area (Å²) in [5.41, 5.74) is 5.51. The normalized spacial score (nSPS) is 15.2. The summed E-state index contributed by atoms with van der Waals surface area (Å²) in [5.74, 6) is -1.46. The number of rotatable bonds is 4. The highest BCUT2D eigenvalue weighted by Gasteiger charge is 2.25. The summed E-state index contributed by atoms with van der Waals surface area (Å²) in [5, 5.41) is 38.1. The lowest BCUT2D eigenvalue weighted by atomic mass is 9.87. The molecule has 11 heteroatoms. The molecule has 2 N–H and O–H groups in total. The predicted molar refractivity (Wildman–Crippen MR) is 156 cm³/mol. The average molecular weight is 581 g/mol. The van der Waals surface area contributed by atoms with Crippen molar-refractivity contribution >= 4 is 29.2 Å². The number of carbonyl (C=O) groups excluding carboxylic acids is 1. The zero-order valence-electron chi connectivity index (χ0n) is 22.3. The molecule has 0 saturated carbocycles. The van der Waals surface area contributed by atoms with Gasteiger partial charge in [0.1, 0.15) is 6.33 Å². The van der Waals surface area contributed by atoms with Crippen molar-refractivity contribution in [1.29, 1.82) is 0 Å². The highest BCUT2D eigenvalue weighted by Crippen LogP contribution is 2.36. The third-order valence-corrected chi connectivity index (χ3v) is 7.69. The molecule has 0 saturated heterocycles. The first kappa shape index (κ1) is 27.1. The number of nitrogens with one attached hydrogen (secondary N) is 1. The first-order chi connectivity index (χ1) is 20.4. The van der Waals surface area contributed by atoms with Crippen LogP contribution in [-0.2, 0) is 4.79 Å². The minimum atomic E-state index is -1.06. The molecule has 2 bridgehead atoms. The van der Waals surface area contributed by atoms with E-state index in [-0.39, 0.29) is 17.4 Å². The lowest BCUT2D eigenvalue weighted by Gasteiger charge is -2.20. The van der Waals surface area contributed by atoms with Gasteiger partial charge in [0.05, 0.1) is 17.2 Å². The monoisotopic (exact) mass is 580 g/mol. The summed E-state index contributed by atoms with van der Waals surface area (Å²) >= 11 is 6.31. The second kappa shape index (κ2) is 11.4. The van der Waals surface area contributed by atoms with E-state index in [0.717, 1.165) is 22.3 Å². The molecular formula is C31H25ClN6O4. The van der Waals surface area contributed by atoms with Crippen LogP contribution < -0.4 is 10.0 Å². The van der Waals surface area contributed by atoms with E-state index in [4.69, 9.17) is 11.6 Å². The fourth-order valence-corrected chi connectivity index (χ4v) is 5.58. The maximum Gasteiger partial charge on any atom is 0.335 e. The van der Waals surface area contributed by atoms with Gasteiger partial charge in [-0.1, -0.05) is 42.3 Å². The molecule has 0 aliphatic carbocycles. The average Bonchev–Trinajstić information content (AvgIpc) is 3.52. The first-order valence-electron chi connectivity index (χ1n) is 13.4. The Morgan fingerprint density at radius 3 is 2.69 bits per heavy atom. The van der Waals surface area contributed by atoms with E-state index in [9.17, 15) is 19.9 Å². The third kappa shape index (κ3) is 5.44. The molecular weight excluding hydrogens is 556 g/mol. The highest BCUT2D eigenvalue weighted by molar-refractivity contribution is 6.31. The van der Waals surface area contributed by atoms with Gasteiger partial charge in [0.25, 0.3) is 0 Å². The zero-order valence-corrected chi connectivity index (χ0v) is 23.0. The Bertz CT molecular complexity index is 1810. The molecule has 10 nitrogen and oxygen atoms in total. The molecule has 2 aromatic heterocycles. The predicted octanol–water partition coefficient (Wildman–Crippen LogP) is 5.63. The number of benzene rings is 3. The second-order valence-electron chi connectivity index (χ2n) is 10.1. The van der Waals surface area contributed by atoms with Gasteiger partial charge in [-0.05, 0) is 76.9 Å². The van der Waals surface area contributed by atoms with Crippen LogP contribution in [0.15, 0.2) is 85.3 Å². The number of aromatic carboxylic acids is 1. The lowest BCUT2D eigenvalue weighted by Crippen LogP contribution is -2.33. The molecule has 3 aromatic carbocycles. The van der Waals surface area contributed by atoms with E-state index in [2.05, 4.69) is 20.8 Å². The molecule has 3 heterocycles. The van der Waals surface area contributed by atoms with Crippen LogP contribution in [0.3, 0.4) is 0 Å².